The average Bonchev–Trinajstić information content (AvgIpc) is 2.98. The Labute approximate surface area is 115 Å². The van der Waals surface area contributed by atoms with Crippen molar-refractivity contribution in [3.63, 3.8) is 0 Å². The van der Waals surface area contributed by atoms with Crippen molar-refractivity contribution in [3.05, 3.63) is 47.2 Å². The molecule has 4 rings (SSSR count). The standard InChI is InChI=1S/C17H13N3/c1-9-7-12-11-5-3-4-6-13(11)19-16(12)17-15(9)10(2)14(8-18)20-17/h3-7,19-20H,1-2H3. The lowest BCUT2D eigenvalue weighted by molar-refractivity contribution is 1.33. The van der Waals surface area contributed by atoms with Gasteiger partial charge >= 0.3 is 0 Å². The molecule has 2 N–H and O–H groups in total. The van der Waals surface area contributed by atoms with Crippen molar-refractivity contribution in [1.82, 2.24) is 9.97 Å². The third-order valence-corrected chi connectivity index (χ3v) is 4.11. The number of nitriles is 1. The van der Waals surface area contributed by atoms with E-state index in [9.17, 15) is 5.26 Å². The van der Waals surface area contributed by atoms with Gasteiger partial charge in [0.05, 0.1) is 11.0 Å². The molecule has 0 unspecified atom stereocenters. The number of fused-ring (bicyclic) bond motifs is 5. The number of nitrogens with one attached hydrogen (secondary N) is 2. The molecular formula is C17H13N3. The van der Waals surface area contributed by atoms with Gasteiger partial charge in [-0.2, -0.15) is 5.26 Å². The van der Waals surface area contributed by atoms with Gasteiger partial charge in [0.2, 0.25) is 0 Å². The van der Waals surface area contributed by atoms with Gasteiger partial charge < -0.3 is 9.97 Å². The van der Waals surface area contributed by atoms with Crippen LogP contribution < -0.4 is 0 Å². The summed E-state index contributed by atoms with van der Waals surface area (Å²) in [5, 5.41) is 12.8. The number of nitrogens with zero attached hydrogens (tertiary/aromatic N) is 1. The van der Waals surface area contributed by atoms with Gasteiger partial charge in [-0.25, -0.2) is 0 Å². The fraction of sp³-hybridized carbons (Fsp3) is 0.118. The van der Waals surface area contributed by atoms with Crippen LogP contribution in [0.2, 0.25) is 0 Å². The minimum Gasteiger partial charge on any atom is -0.353 e. The number of aryl methyl sites for hydroxylation is 2. The second kappa shape index (κ2) is 3.64. The molecule has 0 fully saturated rings. The summed E-state index contributed by atoms with van der Waals surface area (Å²) < 4.78 is 0. The molecule has 0 amide bonds. The summed E-state index contributed by atoms with van der Waals surface area (Å²) in [6.45, 7) is 4.10. The second-order valence-electron chi connectivity index (χ2n) is 5.27. The van der Waals surface area contributed by atoms with Crippen LogP contribution in [0.5, 0.6) is 0 Å². The number of H-pyrrole nitrogens is 2. The highest BCUT2D eigenvalue weighted by Crippen LogP contribution is 2.35. The molecule has 0 aliphatic carbocycles. The van der Waals surface area contributed by atoms with Crippen molar-refractivity contribution in [2.75, 3.05) is 0 Å². The summed E-state index contributed by atoms with van der Waals surface area (Å²) >= 11 is 0. The van der Waals surface area contributed by atoms with Crippen LogP contribution in [0.3, 0.4) is 0 Å². The molecule has 0 aliphatic rings. The predicted octanol–water partition coefficient (Wildman–Crippen LogP) is 4.29. The Balaban J connectivity index is 2.33. The summed E-state index contributed by atoms with van der Waals surface area (Å²) in [5.41, 5.74) is 6.11. The van der Waals surface area contributed by atoms with Crippen molar-refractivity contribution in [3.8, 4) is 6.07 Å². The summed E-state index contributed by atoms with van der Waals surface area (Å²) in [4.78, 5) is 6.74. The summed E-state index contributed by atoms with van der Waals surface area (Å²) in [5.74, 6) is 0. The molecule has 0 saturated heterocycles. The van der Waals surface area contributed by atoms with E-state index in [4.69, 9.17) is 0 Å². The summed E-state index contributed by atoms with van der Waals surface area (Å²) in [6.07, 6.45) is 0. The van der Waals surface area contributed by atoms with Crippen molar-refractivity contribution in [2.24, 2.45) is 0 Å². The smallest absolute Gasteiger partial charge is 0.121 e. The molecule has 2 heterocycles. The second-order valence-corrected chi connectivity index (χ2v) is 5.27. The Morgan fingerprint density at radius 1 is 1.00 bits per heavy atom. The van der Waals surface area contributed by atoms with Crippen LogP contribution in [0, 0.1) is 25.2 Å². The molecule has 2 aromatic heterocycles. The molecule has 4 aromatic rings. The number of hydrogen-bond donors (Lipinski definition) is 2. The molecule has 0 radical (unpaired) electrons. The van der Waals surface area contributed by atoms with E-state index in [0.29, 0.717) is 5.69 Å². The molecule has 3 heteroatoms. The molecule has 0 spiro atoms. The number of hydrogen-bond acceptors (Lipinski definition) is 1. The van der Waals surface area contributed by atoms with Gasteiger partial charge in [-0.15, -0.1) is 0 Å². The van der Waals surface area contributed by atoms with Crippen LogP contribution >= 0.6 is 0 Å². The highest BCUT2D eigenvalue weighted by molar-refractivity contribution is 6.17. The van der Waals surface area contributed by atoms with Crippen LogP contribution in [-0.4, -0.2) is 9.97 Å². The Hall–Kier alpha value is -2.73. The fourth-order valence-corrected chi connectivity index (χ4v) is 3.19. The van der Waals surface area contributed by atoms with Gasteiger partial charge in [-0.1, -0.05) is 18.2 Å². The topological polar surface area (TPSA) is 55.4 Å². The fourth-order valence-electron chi connectivity index (χ4n) is 3.19. The predicted molar refractivity (Wildman–Crippen MR) is 81.9 cm³/mol. The molecule has 0 bridgehead atoms. The van der Waals surface area contributed by atoms with Gasteiger partial charge in [0.1, 0.15) is 11.8 Å². The quantitative estimate of drug-likeness (QED) is 0.486. The minimum absolute atomic E-state index is 0.647. The van der Waals surface area contributed by atoms with Gasteiger partial charge in [-0.05, 0) is 37.1 Å². The van der Waals surface area contributed by atoms with Crippen LogP contribution in [0.4, 0.5) is 0 Å². The number of aromatic amines is 2. The van der Waals surface area contributed by atoms with Gasteiger partial charge in [0.15, 0.2) is 0 Å². The Kier molecular flexibility index (Phi) is 2.03. The van der Waals surface area contributed by atoms with Gasteiger partial charge in [0.25, 0.3) is 0 Å². The van der Waals surface area contributed by atoms with Crippen LogP contribution in [-0.2, 0) is 0 Å². The van der Waals surface area contributed by atoms with Gasteiger partial charge in [-0.3, -0.25) is 0 Å². The first-order valence-electron chi connectivity index (χ1n) is 6.63. The van der Waals surface area contributed by atoms with E-state index in [1.54, 1.807) is 0 Å². The van der Waals surface area contributed by atoms with Crippen LogP contribution in [0.15, 0.2) is 30.3 Å². The lowest BCUT2D eigenvalue weighted by Crippen LogP contribution is -1.79. The Bertz CT molecular complexity index is 1030. The summed E-state index contributed by atoms with van der Waals surface area (Å²) in [7, 11) is 0. The Morgan fingerprint density at radius 2 is 1.80 bits per heavy atom. The third kappa shape index (κ3) is 1.23. The SMILES string of the molecule is Cc1cc2c3ccccc3[nH]c2c2[nH]c(C#N)c(C)c12. The highest BCUT2D eigenvalue weighted by Gasteiger charge is 2.15. The lowest BCUT2D eigenvalue weighted by atomic mass is 10.0. The Morgan fingerprint density at radius 3 is 2.60 bits per heavy atom. The van der Waals surface area contributed by atoms with Crippen LogP contribution in [0.1, 0.15) is 16.8 Å². The summed E-state index contributed by atoms with van der Waals surface area (Å²) in [6, 6.07) is 12.7. The molecule has 3 nitrogen and oxygen atoms in total. The van der Waals surface area contributed by atoms with Crippen molar-refractivity contribution >= 4 is 32.7 Å². The largest absolute Gasteiger partial charge is 0.353 e. The number of para-hydroxylation sites is 1. The van der Waals surface area contributed by atoms with Gasteiger partial charge in [0, 0.05) is 21.7 Å². The zero-order chi connectivity index (χ0) is 13.9. The maximum Gasteiger partial charge on any atom is 0.121 e. The van der Waals surface area contributed by atoms with E-state index >= 15 is 0 Å². The number of rotatable bonds is 0. The molecule has 96 valence electrons. The maximum atomic E-state index is 9.23. The minimum atomic E-state index is 0.647. The maximum absolute atomic E-state index is 9.23. The molecular weight excluding hydrogens is 246 g/mol. The number of benzene rings is 2. The normalized spacial score (nSPS) is 11.4. The van der Waals surface area contributed by atoms with Crippen molar-refractivity contribution < 1.29 is 0 Å². The van der Waals surface area contributed by atoms with E-state index in [-0.39, 0.29) is 0 Å². The molecule has 0 atom stereocenters. The lowest BCUT2D eigenvalue weighted by Gasteiger charge is -2.00. The average molecular weight is 259 g/mol. The van der Waals surface area contributed by atoms with Crippen molar-refractivity contribution in [2.45, 2.75) is 13.8 Å². The molecule has 2 aromatic carbocycles. The third-order valence-electron chi connectivity index (χ3n) is 4.11. The van der Waals surface area contributed by atoms with E-state index in [1.807, 2.05) is 13.0 Å². The monoisotopic (exact) mass is 259 g/mol. The van der Waals surface area contributed by atoms with E-state index in [0.717, 1.165) is 27.5 Å². The number of aromatic nitrogens is 2. The molecule has 0 aliphatic heterocycles. The van der Waals surface area contributed by atoms with E-state index in [2.05, 4.69) is 47.2 Å². The zero-order valence-corrected chi connectivity index (χ0v) is 11.3. The first-order chi connectivity index (χ1) is 9.70. The molecule has 20 heavy (non-hydrogen) atoms. The molecule has 0 saturated carbocycles. The van der Waals surface area contributed by atoms with Crippen molar-refractivity contribution in [1.29, 1.82) is 5.26 Å². The first-order valence-corrected chi connectivity index (χ1v) is 6.63. The van der Waals surface area contributed by atoms with E-state index < -0.39 is 0 Å². The first kappa shape index (κ1) is 11.1. The zero-order valence-electron chi connectivity index (χ0n) is 11.3. The van der Waals surface area contributed by atoms with Crippen LogP contribution in [0.25, 0.3) is 32.7 Å². The van der Waals surface area contributed by atoms with E-state index in [1.165, 1.54) is 16.3 Å². The highest BCUT2D eigenvalue weighted by atomic mass is 14.8.